The first-order valence-electron chi connectivity index (χ1n) is 9.79. The van der Waals surface area contributed by atoms with E-state index in [0.717, 1.165) is 44.3 Å². The number of benzene rings is 1. The largest absolute Gasteiger partial charge is 0.341 e. The molecular weight excluding hydrogens is 331 g/mol. The van der Waals surface area contributed by atoms with Crippen molar-refractivity contribution < 1.29 is 14.0 Å². The first-order chi connectivity index (χ1) is 12.5. The van der Waals surface area contributed by atoms with Crippen LogP contribution in [0.5, 0.6) is 0 Å². The van der Waals surface area contributed by atoms with Crippen molar-refractivity contribution in [3.63, 3.8) is 0 Å². The summed E-state index contributed by atoms with van der Waals surface area (Å²) in [6, 6.07) is 6.02. The van der Waals surface area contributed by atoms with Crippen molar-refractivity contribution in [2.24, 2.45) is 5.92 Å². The van der Waals surface area contributed by atoms with E-state index in [1.54, 1.807) is 17.0 Å². The van der Waals surface area contributed by atoms with Gasteiger partial charge in [0, 0.05) is 26.1 Å². The van der Waals surface area contributed by atoms with E-state index in [1.807, 2.05) is 11.8 Å². The number of nitrogens with zero attached hydrogens (tertiary/aromatic N) is 2. The van der Waals surface area contributed by atoms with Crippen LogP contribution in [0.1, 0.15) is 57.4 Å². The Bertz CT molecular complexity index is 638. The molecule has 0 bridgehead atoms. The van der Waals surface area contributed by atoms with Crippen LogP contribution in [0.25, 0.3) is 0 Å². The van der Waals surface area contributed by atoms with Gasteiger partial charge in [0.25, 0.3) is 0 Å². The molecule has 1 aromatic rings. The van der Waals surface area contributed by atoms with Gasteiger partial charge in [0.05, 0.1) is 0 Å². The van der Waals surface area contributed by atoms with Crippen LogP contribution in [-0.2, 0) is 9.59 Å². The van der Waals surface area contributed by atoms with Gasteiger partial charge >= 0.3 is 0 Å². The smallest absolute Gasteiger partial charge is 0.245 e. The second kappa shape index (κ2) is 8.19. The minimum absolute atomic E-state index is 0.00953. The molecule has 1 aromatic carbocycles. The van der Waals surface area contributed by atoms with Gasteiger partial charge in [-0.2, -0.15) is 0 Å². The summed E-state index contributed by atoms with van der Waals surface area (Å²) in [6.45, 7) is 6.48. The number of rotatable bonds is 4. The van der Waals surface area contributed by atoms with E-state index in [2.05, 4.69) is 6.92 Å². The minimum atomic E-state index is -0.295. The SMILES string of the molecule is CC1CCN(C(=O)[C@@H]2CCCN2C(=O)CC(C)c2ccc(F)cc2)CC1. The lowest BCUT2D eigenvalue weighted by atomic mass is 9.96. The fourth-order valence-corrected chi connectivity index (χ4v) is 4.05. The molecule has 2 fully saturated rings. The lowest BCUT2D eigenvalue weighted by molar-refractivity contribution is -0.144. The van der Waals surface area contributed by atoms with Crippen molar-refractivity contribution >= 4 is 11.8 Å². The van der Waals surface area contributed by atoms with Crippen molar-refractivity contribution in [1.82, 2.24) is 9.80 Å². The molecule has 2 heterocycles. The van der Waals surface area contributed by atoms with Gasteiger partial charge in [0.1, 0.15) is 11.9 Å². The summed E-state index contributed by atoms with van der Waals surface area (Å²) in [5, 5.41) is 0. The van der Waals surface area contributed by atoms with E-state index in [1.165, 1.54) is 12.1 Å². The van der Waals surface area contributed by atoms with Gasteiger partial charge in [-0.1, -0.05) is 26.0 Å². The number of likely N-dealkylation sites (tertiary alicyclic amines) is 2. The van der Waals surface area contributed by atoms with Crippen molar-refractivity contribution in [1.29, 1.82) is 0 Å². The molecule has 142 valence electrons. The summed E-state index contributed by atoms with van der Waals surface area (Å²) >= 11 is 0. The maximum atomic E-state index is 13.1. The lowest BCUT2D eigenvalue weighted by Crippen LogP contribution is -2.50. The summed E-state index contributed by atoms with van der Waals surface area (Å²) in [6.07, 6.45) is 4.10. The molecule has 0 N–H and O–H groups in total. The quantitative estimate of drug-likeness (QED) is 0.824. The third-order valence-corrected chi connectivity index (χ3v) is 5.87. The van der Waals surface area contributed by atoms with Gasteiger partial charge in [0.15, 0.2) is 0 Å². The lowest BCUT2D eigenvalue weighted by Gasteiger charge is -2.34. The number of hydrogen-bond acceptors (Lipinski definition) is 2. The number of carbonyl (C=O) groups is 2. The average molecular weight is 360 g/mol. The molecule has 0 radical (unpaired) electrons. The van der Waals surface area contributed by atoms with Gasteiger partial charge in [-0.3, -0.25) is 9.59 Å². The summed E-state index contributed by atoms with van der Waals surface area (Å²) in [5.74, 6) is 0.570. The fraction of sp³-hybridized carbons (Fsp3) is 0.619. The topological polar surface area (TPSA) is 40.6 Å². The van der Waals surface area contributed by atoms with Crippen molar-refractivity contribution in [3.8, 4) is 0 Å². The molecule has 5 heteroatoms. The summed E-state index contributed by atoms with van der Waals surface area (Å²) in [4.78, 5) is 29.5. The Morgan fingerprint density at radius 3 is 2.42 bits per heavy atom. The molecule has 0 aliphatic carbocycles. The summed E-state index contributed by atoms with van der Waals surface area (Å²) in [7, 11) is 0. The zero-order chi connectivity index (χ0) is 18.7. The molecule has 0 spiro atoms. The van der Waals surface area contributed by atoms with E-state index < -0.39 is 0 Å². The first kappa shape index (κ1) is 18.9. The molecule has 2 amide bonds. The van der Waals surface area contributed by atoms with Crippen LogP contribution in [0.2, 0.25) is 0 Å². The Kier molecular flexibility index (Phi) is 5.94. The van der Waals surface area contributed by atoms with Gasteiger partial charge in [-0.25, -0.2) is 4.39 Å². The number of hydrogen-bond donors (Lipinski definition) is 0. The molecule has 0 aromatic heterocycles. The van der Waals surface area contributed by atoms with Crippen LogP contribution >= 0.6 is 0 Å². The summed E-state index contributed by atoms with van der Waals surface area (Å²) < 4.78 is 13.1. The monoisotopic (exact) mass is 360 g/mol. The normalized spacial score (nSPS) is 22.5. The van der Waals surface area contributed by atoms with Crippen molar-refractivity contribution in [2.75, 3.05) is 19.6 Å². The van der Waals surface area contributed by atoms with E-state index in [4.69, 9.17) is 0 Å². The van der Waals surface area contributed by atoms with Crippen LogP contribution in [-0.4, -0.2) is 47.3 Å². The molecule has 1 unspecified atom stereocenters. The standard InChI is InChI=1S/C21H29FN2O2/c1-15-9-12-23(13-10-15)21(26)19-4-3-11-24(19)20(25)14-16(2)17-5-7-18(22)8-6-17/h5-8,15-16,19H,3-4,9-14H2,1-2H3/t16?,19-/m0/s1. The summed E-state index contributed by atoms with van der Waals surface area (Å²) in [5.41, 5.74) is 0.951. The molecule has 2 saturated heterocycles. The third-order valence-electron chi connectivity index (χ3n) is 5.87. The number of piperidine rings is 1. The van der Waals surface area contributed by atoms with Gasteiger partial charge in [0.2, 0.25) is 11.8 Å². The first-order valence-corrected chi connectivity index (χ1v) is 9.79. The zero-order valence-corrected chi connectivity index (χ0v) is 15.8. The van der Waals surface area contributed by atoms with Gasteiger partial charge in [-0.05, 0) is 55.2 Å². The second-order valence-corrected chi connectivity index (χ2v) is 7.91. The Morgan fingerprint density at radius 1 is 1.12 bits per heavy atom. The Morgan fingerprint density at radius 2 is 1.77 bits per heavy atom. The Hall–Kier alpha value is -1.91. The zero-order valence-electron chi connectivity index (χ0n) is 15.8. The molecular formula is C21H29FN2O2. The highest BCUT2D eigenvalue weighted by atomic mass is 19.1. The maximum Gasteiger partial charge on any atom is 0.245 e. The number of halogens is 1. The Balaban J connectivity index is 1.60. The minimum Gasteiger partial charge on any atom is -0.341 e. The molecule has 2 atom stereocenters. The second-order valence-electron chi connectivity index (χ2n) is 7.91. The molecule has 0 saturated carbocycles. The van der Waals surface area contributed by atoms with Crippen LogP contribution in [0.15, 0.2) is 24.3 Å². The molecule has 26 heavy (non-hydrogen) atoms. The molecule has 2 aliphatic rings. The van der Waals surface area contributed by atoms with Crippen LogP contribution < -0.4 is 0 Å². The van der Waals surface area contributed by atoms with Gasteiger partial charge in [-0.15, -0.1) is 0 Å². The Labute approximate surface area is 155 Å². The highest BCUT2D eigenvalue weighted by molar-refractivity contribution is 5.88. The molecule has 4 nitrogen and oxygen atoms in total. The van der Waals surface area contributed by atoms with E-state index in [-0.39, 0.29) is 29.6 Å². The highest BCUT2D eigenvalue weighted by Crippen LogP contribution is 2.26. The highest BCUT2D eigenvalue weighted by Gasteiger charge is 2.37. The third kappa shape index (κ3) is 4.25. The van der Waals surface area contributed by atoms with Crippen molar-refractivity contribution in [3.05, 3.63) is 35.6 Å². The van der Waals surface area contributed by atoms with E-state index in [9.17, 15) is 14.0 Å². The van der Waals surface area contributed by atoms with Crippen LogP contribution in [0, 0.1) is 11.7 Å². The van der Waals surface area contributed by atoms with E-state index >= 15 is 0 Å². The van der Waals surface area contributed by atoms with Gasteiger partial charge < -0.3 is 9.80 Å². The fourth-order valence-electron chi connectivity index (χ4n) is 4.05. The van der Waals surface area contributed by atoms with Crippen molar-refractivity contribution in [2.45, 2.75) is 57.9 Å². The van der Waals surface area contributed by atoms with Crippen LogP contribution in [0.4, 0.5) is 4.39 Å². The van der Waals surface area contributed by atoms with Crippen LogP contribution in [0.3, 0.4) is 0 Å². The molecule has 2 aliphatic heterocycles. The number of carbonyl (C=O) groups excluding carboxylic acids is 2. The van der Waals surface area contributed by atoms with E-state index in [0.29, 0.717) is 18.9 Å². The number of amides is 2. The molecule has 3 rings (SSSR count). The average Bonchev–Trinajstić information content (AvgIpc) is 3.12. The predicted octanol–water partition coefficient (Wildman–Crippen LogP) is 3.57. The predicted molar refractivity (Wildman–Crippen MR) is 99.1 cm³/mol. The maximum absolute atomic E-state index is 13.1.